The molecule has 36 heavy (non-hydrogen) atoms. The van der Waals surface area contributed by atoms with E-state index in [9.17, 15) is 14.7 Å². The van der Waals surface area contributed by atoms with Gasteiger partial charge in [0, 0.05) is 6.42 Å². The smallest absolute Gasteiger partial charge is 0.310 e. The minimum atomic E-state index is -0.829. The van der Waals surface area contributed by atoms with E-state index in [1.165, 1.54) is 77.0 Å². The van der Waals surface area contributed by atoms with E-state index in [0.717, 1.165) is 37.5 Å². The van der Waals surface area contributed by atoms with Crippen LogP contribution in [0.25, 0.3) is 0 Å². The second-order valence-corrected chi connectivity index (χ2v) is 12.6. The summed E-state index contributed by atoms with van der Waals surface area (Å²) in [5, 5.41) is 19.6. The van der Waals surface area contributed by atoms with Gasteiger partial charge in [-0.3, -0.25) is 9.59 Å². The van der Waals surface area contributed by atoms with Crippen LogP contribution in [-0.2, 0) is 9.59 Å². The van der Waals surface area contributed by atoms with Crippen molar-refractivity contribution in [1.29, 1.82) is 0 Å². The summed E-state index contributed by atoms with van der Waals surface area (Å²) in [5.41, 5.74) is -0.815. The van der Waals surface area contributed by atoms with Crippen molar-refractivity contribution in [2.24, 2.45) is 29.1 Å². The predicted molar refractivity (Wildman–Crippen MR) is 153 cm³/mol. The van der Waals surface area contributed by atoms with Gasteiger partial charge >= 0.3 is 11.9 Å². The van der Waals surface area contributed by atoms with E-state index in [0.29, 0.717) is 12.8 Å². The maximum Gasteiger partial charge on any atom is 0.310 e. The summed E-state index contributed by atoms with van der Waals surface area (Å²) >= 11 is 0. The molecule has 0 amide bonds. The fraction of sp³-hybridized carbons (Fsp3) is 0.938. The van der Waals surface area contributed by atoms with E-state index in [1.54, 1.807) is 0 Å². The Morgan fingerprint density at radius 1 is 0.528 bits per heavy atom. The standard InChI is InChI=1S/C32H62O4/c1-26(2)20-15-11-7-9-13-17-22-28(5)32(31(35)36,25-19-24-30(33)34)29(6)23-18-14-10-8-12-16-21-27(3)4/h26-29H,7-25H2,1-6H3,(H,33,34)(H,35,36). The van der Waals surface area contributed by atoms with Crippen molar-refractivity contribution >= 4 is 11.9 Å². The minimum Gasteiger partial charge on any atom is -0.481 e. The van der Waals surface area contributed by atoms with Crippen molar-refractivity contribution in [3.05, 3.63) is 0 Å². The molecule has 0 saturated heterocycles. The number of unbranched alkanes of at least 4 members (excludes halogenated alkanes) is 10. The largest absolute Gasteiger partial charge is 0.481 e. The Balaban J connectivity index is 4.76. The zero-order valence-corrected chi connectivity index (χ0v) is 25.0. The number of aliphatic carboxylic acids is 2. The molecule has 4 heteroatoms. The first-order valence-corrected chi connectivity index (χ1v) is 15.5. The first kappa shape index (κ1) is 34.9. The van der Waals surface area contributed by atoms with E-state index in [4.69, 9.17) is 5.11 Å². The van der Waals surface area contributed by atoms with Gasteiger partial charge in [-0.15, -0.1) is 0 Å². The topological polar surface area (TPSA) is 74.6 Å². The van der Waals surface area contributed by atoms with Crippen molar-refractivity contribution in [1.82, 2.24) is 0 Å². The molecule has 0 aromatic rings. The summed E-state index contributed by atoms with van der Waals surface area (Å²) in [6.45, 7) is 13.3. The zero-order valence-electron chi connectivity index (χ0n) is 25.0. The molecule has 214 valence electrons. The summed E-state index contributed by atoms with van der Waals surface area (Å²) in [7, 11) is 0. The first-order chi connectivity index (χ1) is 17.0. The molecule has 0 fully saturated rings. The quantitative estimate of drug-likeness (QED) is 0.120. The molecule has 0 aromatic heterocycles. The fourth-order valence-corrected chi connectivity index (χ4v) is 5.97. The van der Waals surface area contributed by atoms with Gasteiger partial charge in [0.2, 0.25) is 0 Å². The Labute approximate surface area is 224 Å². The molecule has 0 bridgehead atoms. The summed E-state index contributed by atoms with van der Waals surface area (Å²) in [6.07, 6.45) is 20.2. The molecule has 2 atom stereocenters. The third-order valence-corrected chi connectivity index (χ3v) is 8.48. The van der Waals surface area contributed by atoms with Crippen molar-refractivity contribution in [2.75, 3.05) is 0 Å². The Hall–Kier alpha value is -1.06. The van der Waals surface area contributed by atoms with Crippen molar-refractivity contribution in [3.8, 4) is 0 Å². The average molecular weight is 511 g/mol. The number of carboxylic acid groups (broad SMARTS) is 2. The third kappa shape index (κ3) is 15.9. The van der Waals surface area contributed by atoms with E-state index in [2.05, 4.69) is 41.5 Å². The van der Waals surface area contributed by atoms with Gasteiger partial charge in [-0.2, -0.15) is 0 Å². The molecule has 0 aliphatic carbocycles. The molecule has 4 nitrogen and oxygen atoms in total. The van der Waals surface area contributed by atoms with Crippen LogP contribution >= 0.6 is 0 Å². The van der Waals surface area contributed by atoms with Crippen LogP contribution in [0.2, 0.25) is 0 Å². The first-order valence-electron chi connectivity index (χ1n) is 15.5. The molecular weight excluding hydrogens is 448 g/mol. The predicted octanol–water partition coefficient (Wildman–Crippen LogP) is 10.1. The molecule has 0 rings (SSSR count). The van der Waals surface area contributed by atoms with Crippen molar-refractivity contribution in [3.63, 3.8) is 0 Å². The van der Waals surface area contributed by atoms with Gasteiger partial charge in [0.05, 0.1) is 5.41 Å². The summed E-state index contributed by atoms with van der Waals surface area (Å²) in [5.74, 6) is 0.159. The summed E-state index contributed by atoms with van der Waals surface area (Å²) in [6, 6.07) is 0. The Morgan fingerprint density at radius 3 is 1.17 bits per heavy atom. The molecule has 0 radical (unpaired) electrons. The van der Waals surface area contributed by atoms with Gasteiger partial charge in [-0.05, 0) is 49.4 Å². The zero-order chi connectivity index (χ0) is 27.4. The van der Waals surface area contributed by atoms with Gasteiger partial charge < -0.3 is 10.2 Å². The normalized spacial score (nSPS) is 15.2. The van der Waals surface area contributed by atoms with Gasteiger partial charge in [-0.1, -0.05) is 131 Å². The summed E-state index contributed by atoms with van der Waals surface area (Å²) < 4.78 is 0. The number of hydrogen-bond donors (Lipinski definition) is 2. The SMILES string of the molecule is CC(C)CCCCCCCCC(C)C(CCCC(=O)O)(C(=O)O)C(C)CCCCCCCCC(C)C. The molecule has 2 N–H and O–H groups in total. The molecule has 0 heterocycles. The van der Waals surface area contributed by atoms with Gasteiger partial charge in [0.1, 0.15) is 0 Å². The Bertz CT molecular complexity index is 524. The maximum atomic E-state index is 12.8. The summed E-state index contributed by atoms with van der Waals surface area (Å²) in [4.78, 5) is 23.9. The van der Waals surface area contributed by atoms with Crippen molar-refractivity contribution in [2.45, 2.75) is 164 Å². The van der Waals surface area contributed by atoms with Gasteiger partial charge in [0.15, 0.2) is 0 Å². The highest BCUT2D eigenvalue weighted by atomic mass is 16.4. The highest BCUT2D eigenvalue weighted by Crippen LogP contribution is 2.45. The van der Waals surface area contributed by atoms with Gasteiger partial charge in [0.25, 0.3) is 0 Å². The number of carbonyl (C=O) groups is 2. The van der Waals surface area contributed by atoms with Crippen LogP contribution in [0.15, 0.2) is 0 Å². The van der Waals surface area contributed by atoms with E-state index < -0.39 is 17.4 Å². The highest BCUT2D eigenvalue weighted by Gasteiger charge is 2.46. The lowest BCUT2D eigenvalue weighted by molar-refractivity contribution is -0.159. The molecule has 2 unspecified atom stereocenters. The highest BCUT2D eigenvalue weighted by molar-refractivity contribution is 5.75. The molecular formula is C32H62O4. The molecule has 0 aromatic carbocycles. The van der Waals surface area contributed by atoms with E-state index in [-0.39, 0.29) is 18.3 Å². The van der Waals surface area contributed by atoms with Crippen LogP contribution in [-0.4, -0.2) is 22.2 Å². The van der Waals surface area contributed by atoms with Crippen LogP contribution in [0.4, 0.5) is 0 Å². The lowest BCUT2D eigenvalue weighted by Crippen LogP contribution is -2.43. The second kappa shape index (κ2) is 20.9. The minimum absolute atomic E-state index is 0.0568. The van der Waals surface area contributed by atoms with Crippen molar-refractivity contribution < 1.29 is 19.8 Å². The monoisotopic (exact) mass is 510 g/mol. The number of hydrogen-bond acceptors (Lipinski definition) is 2. The molecule has 0 aliphatic heterocycles. The molecule has 0 spiro atoms. The van der Waals surface area contributed by atoms with E-state index >= 15 is 0 Å². The number of rotatable bonds is 25. The van der Waals surface area contributed by atoms with Crippen LogP contribution in [0.1, 0.15) is 164 Å². The maximum absolute atomic E-state index is 12.8. The third-order valence-electron chi connectivity index (χ3n) is 8.48. The lowest BCUT2D eigenvalue weighted by atomic mass is 9.62. The lowest BCUT2D eigenvalue weighted by Gasteiger charge is -2.41. The fourth-order valence-electron chi connectivity index (χ4n) is 5.97. The number of carboxylic acids is 2. The molecule has 0 saturated carbocycles. The molecule has 0 aliphatic rings. The Kier molecular flexibility index (Phi) is 20.3. The van der Waals surface area contributed by atoms with Crippen LogP contribution in [0.5, 0.6) is 0 Å². The van der Waals surface area contributed by atoms with Crippen LogP contribution in [0.3, 0.4) is 0 Å². The van der Waals surface area contributed by atoms with Gasteiger partial charge in [-0.25, -0.2) is 0 Å². The second-order valence-electron chi connectivity index (χ2n) is 12.6. The van der Waals surface area contributed by atoms with E-state index in [1.807, 2.05) is 0 Å². The van der Waals surface area contributed by atoms with Crippen LogP contribution < -0.4 is 0 Å². The Morgan fingerprint density at radius 2 is 0.861 bits per heavy atom. The average Bonchev–Trinajstić information content (AvgIpc) is 2.79. The van der Waals surface area contributed by atoms with Crippen LogP contribution in [0, 0.1) is 29.1 Å².